The maximum Gasteiger partial charge on any atom is 0.573 e. The summed E-state index contributed by atoms with van der Waals surface area (Å²) in [5.41, 5.74) is 0.509. The summed E-state index contributed by atoms with van der Waals surface area (Å²) in [6.45, 7) is -1.40. The van der Waals surface area contributed by atoms with Crippen LogP contribution in [0.3, 0.4) is 0 Å². The fraction of sp³-hybridized carbons (Fsp3) is 0.100. The molecule has 0 radical (unpaired) electrons. The van der Waals surface area contributed by atoms with Gasteiger partial charge >= 0.3 is 6.36 Å². The molecule has 0 saturated carbocycles. The Labute approximate surface area is 150 Å². The summed E-state index contributed by atoms with van der Waals surface area (Å²) < 4.78 is 82.3. The Morgan fingerprint density at radius 3 is 2.00 bits per heavy atom. The molecule has 1 nitrogen and oxygen atoms in total. The maximum absolute atomic E-state index is 14.5. The van der Waals surface area contributed by atoms with Crippen LogP contribution in [-0.2, 0) is 6.67 Å². The molecule has 3 rings (SSSR count). The lowest BCUT2D eigenvalue weighted by molar-refractivity contribution is -0.276. The first-order valence-electron chi connectivity index (χ1n) is 7.78. The highest BCUT2D eigenvalue weighted by Gasteiger charge is 2.34. The van der Waals surface area contributed by atoms with E-state index in [9.17, 15) is 26.3 Å². The lowest BCUT2D eigenvalue weighted by Crippen LogP contribution is -2.19. The van der Waals surface area contributed by atoms with Gasteiger partial charge in [0, 0.05) is 11.1 Å². The summed E-state index contributed by atoms with van der Waals surface area (Å²) in [6.07, 6.45) is -5.17. The van der Waals surface area contributed by atoms with Gasteiger partial charge in [-0.1, -0.05) is 42.5 Å². The molecule has 0 spiro atoms. The third-order valence-corrected chi connectivity index (χ3v) is 3.87. The molecule has 0 saturated heterocycles. The summed E-state index contributed by atoms with van der Waals surface area (Å²) in [6, 6.07) is 14.7. The lowest BCUT2D eigenvalue weighted by Gasteiger charge is -2.15. The third kappa shape index (κ3) is 4.24. The van der Waals surface area contributed by atoms with Crippen molar-refractivity contribution in [3.8, 4) is 28.0 Å². The van der Waals surface area contributed by atoms with Gasteiger partial charge in [0.25, 0.3) is 0 Å². The van der Waals surface area contributed by atoms with Gasteiger partial charge in [0.2, 0.25) is 0 Å². The number of hydrogen-bond acceptors (Lipinski definition) is 1. The Hall–Kier alpha value is -2.96. The number of ether oxygens (including phenoxy) is 1. The number of hydrogen-bond donors (Lipinski definition) is 0. The highest BCUT2D eigenvalue weighted by molar-refractivity contribution is 5.72. The minimum atomic E-state index is -5.17. The fourth-order valence-corrected chi connectivity index (χ4v) is 2.69. The zero-order valence-corrected chi connectivity index (χ0v) is 13.7. The predicted molar refractivity (Wildman–Crippen MR) is 88.7 cm³/mol. The summed E-state index contributed by atoms with van der Waals surface area (Å²) in [5, 5.41) is 0. The molecule has 3 aromatic carbocycles. The molecule has 0 aliphatic carbocycles. The van der Waals surface area contributed by atoms with Crippen LogP contribution in [0, 0.1) is 11.6 Å². The van der Waals surface area contributed by atoms with Crippen LogP contribution in [0.5, 0.6) is 5.75 Å². The van der Waals surface area contributed by atoms with Crippen LogP contribution in [0.1, 0.15) is 5.56 Å². The number of rotatable bonds is 4. The van der Waals surface area contributed by atoms with Crippen LogP contribution >= 0.6 is 0 Å². The Morgan fingerprint density at radius 2 is 1.41 bits per heavy atom. The molecule has 0 aliphatic rings. The molecule has 0 aliphatic heterocycles. The summed E-state index contributed by atoms with van der Waals surface area (Å²) in [5.74, 6) is -3.40. The zero-order valence-electron chi connectivity index (χ0n) is 13.7. The van der Waals surface area contributed by atoms with Gasteiger partial charge in [-0.2, -0.15) is 0 Å². The Morgan fingerprint density at radius 1 is 0.741 bits per heavy atom. The first-order valence-corrected chi connectivity index (χ1v) is 7.78. The Kier molecular flexibility index (Phi) is 5.12. The maximum atomic E-state index is 14.5. The first-order chi connectivity index (χ1) is 12.8. The van der Waals surface area contributed by atoms with Gasteiger partial charge in [0.05, 0.1) is 0 Å². The van der Waals surface area contributed by atoms with Crippen molar-refractivity contribution < 1.29 is 31.1 Å². The smallest absolute Gasteiger partial charge is 0.402 e. The van der Waals surface area contributed by atoms with Gasteiger partial charge in [-0.3, -0.25) is 0 Å². The average molecular weight is 382 g/mol. The van der Waals surface area contributed by atoms with E-state index in [1.807, 2.05) is 0 Å². The summed E-state index contributed by atoms with van der Waals surface area (Å²) >= 11 is 0. The highest BCUT2D eigenvalue weighted by atomic mass is 19.4. The van der Waals surface area contributed by atoms with Crippen molar-refractivity contribution in [1.29, 1.82) is 0 Å². The lowest BCUT2D eigenvalue weighted by atomic mass is 9.98. The SMILES string of the molecule is FCc1cc(-c2ccc(-c3ccccc3)cc2F)cc(F)c1OC(F)(F)F. The van der Waals surface area contributed by atoms with Crippen LogP contribution in [-0.4, -0.2) is 6.36 Å². The van der Waals surface area contributed by atoms with E-state index in [0.717, 1.165) is 11.6 Å². The average Bonchev–Trinajstić information content (AvgIpc) is 2.63. The van der Waals surface area contributed by atoms with Gasteiger partial charge in [-0.25, -0.2) is 13.2 Å². The minimum Gasteiger partial charge on any atom is -0.402 e. The summed E-state index contributed by atoms with van der Waals surface area (Å²) in [4.78, 5) is 0. The zero-order chi connectivity index (χ0) is 19.6. The fourth-order valence-electron chi connectivity index (χ4n) is 2.69. The second-order valence-electron chi connectivity index (χ2n) is 5.69. The Balaban J connectivity index is 2.03. The van der Waals surface area contributed by atoms with Gasteiger partial charge in [-0.15, -0.1) is 13.2 Å². The van der Waals surface area contributed by atoms with Crippen molar-refractivity contribution in [2.24, 2.45) is 0 Å². The molecule has 3 aromatic rings. The standard InChI is InChI=1S/C20H12F6O/c21-11-15-8-14(10-18(23)19(15)27-20(24,25)26)16-7-6-13(9-17(16)22)12-4-2-1-3-5-12/h1-10H,11H2. The molecular formula is C20H12F6O. The predicted octanol–water partition coefficient (Wildman–Crippen LogP) is 6.67. The second-order valence-corrected chi connectivity index (χ2v) is 5.69. The van der Waals surface area contributed by atoms with Crippen molar-refractivity contribution in [2.75, 3.05) is 0 Å². The van der Waals surface area contributed by atoms with E-state index in [2.05, 4.69) is 4.74 Å². The normalized spacial score (nSPS) is 11.5. The molecule has 140 valence electrons. The molecular weight excluding hydrogens is 370 g/mol. The molecule has 0 N–H and O–H groups in total. The largest absolute Gasteiger partial charge is 0.573 e. The molecule has 0 heterocycles. The molecule has 0 atom stereocenters. The van der Waals surface area contributed by atoms with E-state index >= 15 is 0 Å². The van der Waals surface area contributed by atoms with Crippen molar-refractivity contribution in [3.05, 3.63) is 77.9 Å². The number of halogens is 6. The highest BCUT2D eigenvalue weighted by Crippen LogP contribution is 2.35. The van der Waals surface area contributed by atoms with E-state index in [1.54, 1.807) is 36.4 Å². The van der Waals surface area contributed by atoms with Gasteiger partial charge in [0.15, 0.2) is 11.6 Å². The molecule has 27 heavy (non-hydrogen) atoms. The molecule has 0 amide bonds. The third-order valence-electron chi connectivity index (χ3n) is 3.87. The van der Waals surface area contributed by atoms with Crippen molar-refractivity contribution in [1.82, 2.24) is 0 Å². The number of benzene rings is 3. The van der Waals surface area contributed by atoms with E-state index in [1.165, 1.54) is 12.1 Å². The first kappa shape index (κ1) is 18.8. The molecule has 0 fully saturated rings. The van der Waals surface area contributed by atoms with Gasteiger partial charge in [0.1, 0.15) is 12.5 Å². The van der Waals surface area contributed by atoms with Crippen LogP contribution in [0.25, 0.3) is 22.3 Å². The van der Waals surface area contributed by atoms with Crippen LogP contribution in [0.4, 0.5) is 26.3 Å². The van der Waals surface area contributed by atoms with Crippen LogP contribution in [0.2, 0.25) is 0 Å². The molecule has 0 aromatic heterocycles. The van der Waals surface area contributed by atoms with Gasteiger partial charge in [-0.05, 0) is 34.9 Å². The van der Waals surface area contributed by atoms with E-state index in [-0.39, 0.29) is 11.1 Å². The second kappa shape index (κ2) is 7.34. The van der Waals surface area contributed by atoms with Crippen molar-refractivity contribution in [3.63, 3.8) is 0 Å². The van der Waals surface area contributed by atoms with Gasteiger partial charge < -0.3 is 4.74 Å². The Bertz CT molecular complexity index is 951. The number of alkyl halides is 4. The monoisotopic (exact) mass is 382 g/mol. The van der Waals surface area contributed by atoms with E-state index < -0.39 is 36.0 Å². The quantitative estimate of drug-likeness (QED) is 0.458. The molecule has 7 heteroatoms. The minimum absolute atomic E-state index is 0.0677. The van der Waals surface area contributed by atoms with Crippen molar-refractivity contribution in [2.45, 2.75) is 13.0 Å². The van der Waals surface area contributed by atoms with E-state index in [0.29, 0.717) is 11.6 Å². The van der Waals surface area contributed by atoms with E-state index in [4.69, 9.17) is 0 Å². The molecule has 0 unspecified atom stereocenters. The van der Waals surface area contributed by atoms with Crippen LogP contribution in [0.15, 0.2) is 60.7 Å². The summed E-state index contributed by atoms with van der Waals surface area (Å²) in [7, 11) is 0. The van der Waals surface area contributed by atoms with Crippen LogP contribution < -0.4 is 4.74 Å². The topological polar surface area (TPSA) is 9.23 Å². The van der Waals surface area contributed by atoms with Crippen molar-refractivity contribution >= 4 is 0 Å². The molecule has 0 bridgehead atoms.